The highest BCUT2D eigenvalue weighted by Crippen LogP contribution is 2.35. The monoisotopic (exact) mass is 430 g/mol. The zero-order chi connectivity index (χ0) is 21.3. The Hall–Kier alpha value is -3.33. The molecule has 10 heteroatoms. The minimum Gasteiger partial charge on any atom is -0.459 e. The minimum atomic E-state index is -0.920. The molecule has 1 aliphatic carbocycles. The van der Waals surface area contributed by atoms with Crippen molar-refractivity contribution in [2.45, 2.75) is 31.2 Å². The molecule has 1 spiro atoms. The normalized spacial score (nSPS) is 23.0. The van der Waals surface area contributed by atoms with E-state index in [0.29, 0.717) is 42.1 Å². The van der Waals surface area contributed by atoms with Gasteiger partial charge >= 0.3 is 6.03 Å². The summed E-state index contributed by atoms with van der Waals surface area (Å²) in [5.74, 6) is -1.25. The Balaban J connectivity index is 1.43. The Morgan fingerprint density at radius 2 is 1.87 bits per heavy atom. The third kappa shape index (κ3) is 3.88. The van der Waals surface area contributed by atoms with Crippen LogP contribution in [-0.2, 0) is 9.59 Å². The fraction of sp³-hybridized carbons (Fsp3) is 0.300. The first-order chi connectivity index (χ1) is 14.4. The third-order valence-corrected chi connectivity index (χ3v) is 5.69. The van der Waals surface area contributed by atoms with Gasteiger partial charge in [0.05, 0.1) is 17.6 Å². The van der Waals surface area contributed by atoms with E-state index >= 15 is 0 Å². The molecule has 1 saturated heterocycles. The fourth-order valence-corrected chi connectivity index (χ4v) is 3.98. The molecule has 0 atom stereocenters. The van der Waals surface area contributed by atoms with E-state index in [1.807, 2.05) is 0 Å². The molecule has 1 aliphatic heterocycles. The molecule has 30 heavy (non-hydrogen) atoms. The molecule has 0 radical (unpaired) electrons. The largest absolute Gasteiger partial charge is 0.459 e. The number of furan rings is 1. The van der Waals surface area contributed by atoms with Crippen LogP contribution in [0.2, 0.25) is 5.02 Å². The van der Waals surface area contributed by atoms with Crippen molar-refractivity contribution in [1.82, 2.24) is 10.6 Å². The van der Waals surface area contributed by atoms with Gasteiger partial charge in [0, 0.05) is 10.9 Å². The maximum absolute atomic E-state index is 12.8. The van der Waals surface area contributed by atoms with Crippen LogP contribution in [0.15, 0.2) is 41.0 Å². The van der Waals surface area contributed by atoms with Crippen LogP contribution in [0.5, 0.6) is 0 Å². The molecule has 0 bridgehead atoms. The Labute approximate surface area is 176 Å². The van der Waals surface area contributed by atoms with Crippen LogP contribution in [0.4, 0.5) is 16.2 Å². The van der Waals surface area contributed by atoms with E-state index in [9.17, 15) is 19.2 Å². The molecule has 2 heterocycles. The second kappa shape index (κ2) is 7.83. The van der Waals surface area contributed by atoms with E-state index in [2.05, 4.69) is 21.3 Å². The highest BCUT2D eigenvalue weighted by molar-refractivity contribution is 6.31. The van der Waals surface area contributed by atoms with Gasteiger partial charge < -0.3 is 20.4 Å². The summed E-state index contributed by atoms with van der Waals surface area (Å²) in [4.78, 5) is 48.6. The Kier molecular flexibility index (Phi) is 5.21. The molecule has 4 rings (SSSR count). The smallest absolute Gasteiger partial charge is 0.322 e. The van der Waals surface area contributed by atoms with Gasteiger partial charge in [0.2, 0.25) is 5.91 Å². The lowest BCUT2D eigenvalue weighted by atomic mass is 9.76. The Morgan fingerprint density at radius 3 is 2.50 bits per heavy atom. The van der Waals surface area contributed by atoms with Crippen molar-refractivity contribution in [3.05, 3.63) is 47.4 Å². The predicted molar refractivity (Wildman–Crippen MR) is 108 cm³/mol. The SMILES string of the molecule is O=C1NC(=O)C2(CCC(C(=O)Nc3ccc(Cl)cc3NC(=O)c3ccco3)CC2)N1. The summed E-state index contributed by atoms with van der Waals surface area (Å²) in [7, 11) is 0. The molecule has 2 aromatic rings. The second-order valence-corrected chi connectivity index (χ2v) is 7.81. The molecule has 9 nitrogen and oxygen atoms in total. The summed E-state index contributed by atoms with van der Waals surface area (Å²) in [6, 6.07) is 7.36. The van der Waals surface area contributed by atoms with Gasteiger partial charge in [0.25, 0.3) is 11.8 Å². The van der Waals surface area contributed by atoms with Gasteiger partial charge in [-0.1, -0.05) is 11.6 Å². The number of imide groups is 1. The quantitative estimate of drug-likeness (QED) is 0.554. The van der Waals surface area contributed by atoms with Crippen LogP contribution in [0.1, 0.15) is 36.2 Å². The number of anilines is 2. The van der Waals surface area contributed by atoms with E-state index in [1.54, 1.807) is 18.2 Å². The minimum absolute atomic E-state index is 0.127. The summed E-state index contributed by atoms with van der Waals surface area (Å²) in [6.07, 6.45) is 3.04. The molecule has 1 saturated carbocycles. The molecule has 1 aromatic carbocycles. The van der Waals surface area contributed by atoms with Crippen molar-refractivity contribution in [2.75, 3.05) is 10.6 Å². The number of rotatable bonds is 4. The molecule has 2 aliphatic rings. The number of halogens is 1. The van der Waals surface area contributed by atoms with Gasteiger partial charge in [-0.2, -0.15) is 0 Å². The molecule has 0 unspecified atom stereocenters. The highest BCUT2D eigenvalue weighted by atomic mass is 35.5. The van der Waals surface area contributed by atoms with Crippen molar-refractivity contribution in [1.29, 1.82) is 0 Å². The summed E-state index contributed by atoms with van der Waals surface area (Å²) in [6.45, 7) is 0. The second-order valence-electron chi connectivity index (χ2n) is 7.38. The van der Waals surface area contributed by atoms with Crippen molar-refractivity contribution in [3.63, 3.8) is 0 Å². The van der Waals surface area contributed by atoms with Crippen LogP contribution in [-0.4, -0.2) is 29.3 Å². The maximum Gasteiger partial charge on any atom is 0.322 e. The number of amides is 5. The van der Waals surface area contributed by atoms with Crippen molar-refractivity contribution >= 4 is 46.7 Å². The van der Waals surface area contributed by atoms with Crippen molar-refractivity contribution in [3.8, 4) is 0 Å². The number of nitrogens with one attached hydrogen (secondary N) is 4. The number of urea groups is 1. The Bertz CT molecular complexity index is 1010. The molecular formula is C20H19ClN4O5. The van der Waals surface area contributed by atoms with E-state index in [4.69, 9.17) is 16.0 Å². The van der Waals surface area contributed by atoms with Crippen LogP contribution < -0.4 is 21.3 Å². The molecule has 4 N–H and O–H groups in total. The maximum atomic E-state index is 12.8. The van der Waals surface area contributed by atoms with E-state index in [1.165, 1.54) is 18.4 Å². The van der Waals surface area contributed by atoms with Gasteiger partial charge in [-0.3, -0.25) is 19.7 Å². The van der Waals surface area contributed by atoms with Crippen molar-refractivity contribution < 1.29 is 23.6 Å². The van der Waals surface area contributed by atoms with Gasteiger partial charge in [-0.15, -0.1) is 0 Å². The van der Waals surface area contributed by atoms with Crippen LogP contribution in [0.25, 0.3) is 0 Å². The zero-order valence-corrected chi connectivity index (χ0v) is 16.5. The molecule has 2 fully saturated rings. The van der Waals surface area contributed by atoms with Gasteiger partial charge in [-0.25, -0.2) is 4.79 Å². The number of hydrogen-bond donors (Lipinski definition) is 4. The summed E-state index contributed by atoms with van der Waals surface area (Å²) in [5.41, 5.74) is -0.181. The number of carbonyl (C=O) groups is 4. The van der Waals surface area contributed by atoms with E-state index in [-0.39, 0.29) is 23.5 Å². The zero-order valence-electron chi connectivity index (χ0n) is 15.8. The average Bonchev–Trinajstić information content (AvgIpc) is 3.33. The lowest BCUT2D eigenvalue weighted by Gasteiger charge is -2.34. The lowest BCUT2D eigenvalue weighted by molar-refractivity contribution is -0.128. The van der Waals surface area contributed by atoms with Gasteiger partial charge in [-0.05, 0) is 56.0 Å². The first kappa shape index (κ1) is 20.0. The average molecular weight is 431 g/mol. The van der Waals surface area contributed by atoms with Gasteiger partial charge in [0.15, 0.2) is 5.76 Å². The van der Waals surface area contributed by atoms with E-state index < -0.39 is 17.5 Å². The highest BCUT2D eigenvalue weighted by Gasteiger charge is 2.48. The topological polar surface area (TPSA) is 130 Å². The van der Waals surface area contributed by atoms with Crippen molar-refractivity contribution in [2.24, 2.45) is 5.92 Å². The molecule has 1 aromatic heterocycles. The first-order valence-corrected chi connectivity index (χ1v) is 9.83. The number of hydrogen-bond acceptors (Lipinski definition) is 5. The van der Waals surface area contributed by atoms with E-state index in [0.717, 1.165) is 0 Å². The van der Waals surface area contributed by atoms with Gasteiger partial charge in [0.1, 0.15) is 5.54 Å². The number of carbonyl (C=O) groups excluding carboxylic acids is 4. The Morgan fingerprint density at radius 1 is 1.10 bits per heavy atom. The molecule has 156 valence electrons. The molecular weight excluding hydrogens is 412 g/mol. The summed E-state index contributed by atoms with van der Waals surface area (Å²) >= 11 is 6.05. The van der Waals surface area contributed by atoms with Crippen LogP contribution in [0.3, 0.4) is 0 Å². The van der Waals surface area contributed by atoms with Crippen LogP contribution >= 0.6 is 11.6 Å². The third-order valence-electron chi connectivity index (χ3n) is 5.46. The number of benzene rings is 1. The molecule has 5 amide bonds. The predicted octanol–water partition coefficient (Wildman–Crippen LogP) is 2.89. The fourth-order valence-electron chi connectivity index (χ4n) is 3.81. The standard InChI is InChI=1S/C20H19ClN4O5/c21-12-3-4-13(14(10-12)23-17(27)15-2-1-9-30-15)22-16(26)11-5-7-20(8-6-11)18(28)24-19(29)25-20/h1-4,9-11H,5-8H2,(H,22,26)(H,23,27)(H2,24,25,28,29). The summed E-state index contributed by atoms with van der Waals surface area (Å²) < 4.78 is 5.08. The van der Waals surface area contributed by atoms with Crippen LogP contribution in [0, 0.1) is 5.92 Å². The summed E-state index contributed by atoms with van der Waals surface area (Å²) in [5, 5.41) is 10.8. The first-order valence-electron chi connectivity index (χ1n) is 9.45. The lowest BCUT2D eigenvalue weighted by Crippen LogP contribution is -2.50.